The fraction of sp³-hybridized carbons (Fsp3) is 0.400. The monoisotopic (exact) mass is 151 g/mol. The molecule has 0 heterocycles. The minimum atomic E-state index is 0.927. The third-order valence-corrected chi connectivity index (χ3v) is 1.37. The summed E-state index contributed by atoms with van der Waals surface area (Å²) in [5, 5.41) is 0. The molecule has 0 atom stereocenters. The molecule has 0 aliphatic carbocycles. The molecule has 0 saturated heterocycles. The molecule has 0 aliphatic rings. The number of allylic oxidation sites excluding steroid dienone is 1. The van der Waals surface area contributed by atoms with E-state index in [-0.39, 0.29) is 0 Å². The Labute approximate surface area is 69.7 Å². The first-order valence-electron chi connectivity index (χ1n) is 3.90. The highest BCUT2D eigenvalue weighted by molar-refractivity contribution is 4.87. The lowest BCUT2D eigenvalue weighted by Crippen LogP contribution is -2.23. The van der Waals surface area contributed by atoms with Gasteiger partial charge in [0.2, 0.25) is 0 Å². The van der Waals surface area contributed by atoms with Crippen molar-refractivity contribution in [3.05, 3.63) is 37.5 Å². The molecule has 0 unspecified atom stereocenters. The number of rotatable bonds is 6. The Balaban J connectivity index is 3.66. The lowest BCUT2D eigenvalue weighted by atomic mass is 10.4. The zero-order valence-electron chi connectivity index (χ0n) is 7.29. The van der Waals surface area contributed by atoms with Gasteiger partial charge >= 0.3 is 0 Å². The first-order valence-corrected chi connectivity index (χ1v) is 3.90. The third-order valence-electron chi connectivity index (χ3n) is 1.37. The van der Waals surface area contributed by atoms with Gasteiger partial charge in [0.05, 0.1) is 0 Å². The van der Waals surface area contributed by atoms with Gasteiger partial charge in [0, 0.05) is 19.6 Å². The van der Waals surface area contributed by atoms with E-state index in [2.05, 4.69) is 30.2 Å². The van der Waals surface area contributed by atoms with E-state index in [4.69, 9.17) is 0 Å². The normalized spacial score (nSPS) is 10.7. The second kappa shape index (κ2) is 7.29. The van der Waals surface area contributed by atoms with Gasteiger partial charge in [0.15, 0.2) is 0 Å². The quantitative estimate of drug-likeness (QED) is 0.526. The van der Waals surface area contributed by atoms with Crippen molar-refractivity contribution in [3.8, 4) is 0 Å². The molecule has 0 aliphatic heterocycles. The van der Waals surface area contributed by atoms with Crippen molar-refractivity contribution in [2.45, 2.75) is 6.92 Å². The van der Waals surface area contributed by atoms with Gasteiger partial charge in [-0.15, -0.1) is 13.2 Å². The summed E-state index contributed by atoms with van der Waals surface area (Å²) in [7, 11) is 0. The number of hydrogen-bond donors (Lipinski definition) is 0. The Morgan fingerprint density at radius 3 is 2.00 bits per heavy atom. The summed E-state index contributed by atoms with van der Waals surface area (Å²) < 4.78 is 0. The van der Waals surface area contributed by atoms with Crippen molar-refractivity contribution < 1.29 is 0 Å². The number of hydrogen-bond acceptors (Lipinski definition) is 1. The van der Waals surface area contributed by atoms with Crippen molar-refractivity contribution >= 4 is 0 Å². The van der Waals surface area contributed by atoms with E-state index >= 15 is 0 Å². The smallest absolute Gasteiger partial charge is 0.0169 e. The highest BCUT2D eigenvalue weighted by atomic mass is 15.1. The van der Waals surface area contributed by atoms with Crippen molar-refractivity contribution in [3.63, 3.8) is 0 Å². The van der Waals surface area contributed by atoms with Crippen LogP contribution in [-0.2, 0) is 0 Å². The van der Waals surface area contributed by atoms with E-state index in [0.29, 0.717) is 0 Å². The van der Waals surface area contributed by atoms with E-state index in [1.54, 1.807) is 0 Å². The summed E-state index contributed by atoms with van der Waals surface area (Å²) in [4.78, 5) is 2.25. The van der Waals surface area contributed by atoms with Crippen LogP contribution in [0.4, 0.5) is 0 Å². The molecule has 0 aromatic rings. The van der Waals surface area contributed by atoms with Crippen LogP contribution in [0.25, 0.3) is 0 Å². The first kappa shape index (κ1) is 10.2. The van der Waals surface area contributed by atoms with Crippen LogP contribution in [0.5, 0.6) is 0 Å². The first-order chi connectivity index (χ1) is 5.35. The molecule has 62 valence electrons. The van der Waals surface area contributed by atoms with Gasteiger partial charge in [-0.3, -0.25) is 4.90 Å². The van der Waals surface area contributed by atoms with Crippen LogP contribution in [0.3, 0.4) is 0 Å². The summed E-state index contributed by atoms with van der Waals surface area (Å²) in [6, 6.07) is 0. The highest BCUT2D eigenvalue weighted by Gasteiger charge is 1.94. The molecular formula is C10H17N. The Hall–Kier alpha value is -0.820. The van der Waals surface area contributed by atoms with Gasteiger partial charge < -0.3 is 0 Å². The standard InChI is InChI=1S/C10H17N/c1-4-7-10-11(8-5-2)9-6-3/h4-7H,2-3,8-10H2,1H3. The van der Waals surface area contributed by atoms with Crippen LogP contribution in [0.2, 0.25) is 0 Å². The molecule has 1 nitrogen and oxygen atoms in total. The zero-order valence-corrected chi connectivity index (χ0v) is 7.29. The van der Waals surface area contributed by atoms with Crippen LogP contribution in [0, 0.1) is 0 Å². The van der Waals surface area contributed by atoms with E-state index in [0.717, 1.165) is 19.6 Å². The van der Waals surface area contributed by atoms with Gasteiger partial charge in [0.25, 0.3) is 0 Å². The average Bonchev–Trinajstić information content (AvgIpc) is 2.01. The molecule has 11 heavy (non-hydrogen) atoms. The maximum atomic E-state index is 3.69. The van der Waals surface area contributed by atoms with E-state index in [1.807, 2.05) is 19.1 Å². The second-order valence-corrected chi connectivity index (χ2v) is 2.36. The highest BCUT2D eigenvalue weighted by Crippen LogP contribution is 1.89. The van der Waals surface area contributed by atoms with Gasteiger partial charge in [0.1, 0.15) is 0 Å². The van der Waals surface area contributed by atoms with E-state index in [9.17, 15) is 0 Å². The maximum Gasteiger partial charge on any atom is 0.0169 e. The fourth-order valence-corrected chi connectivity index (χ4v) is 0.843. The van der Waals surface area contributed by atoms with Crippen LogP contribution in [0.15, 0.2) is 37.5 Å². The minimum Gasteiger partial charge on any atom is -0.292 e. The molecule has 1 heteroatoms. The molecule has 0 aromatic carbocycles. The Bertz CT molecular complexity index is 126. The van der Waals surface area contributed by atoms with Crippen LogP contribution in [-0.4, -0.2) is 24.5 Å². The molecule has 0 amide bonds. The van der Waals surface area contributed by atoms with Crippen LogP contribution >= 0.6 is 0 Å². The molecule has 0 bridgehead atoms. The maximum absolute atomic E-state index is 3.69. The molecule has 0 radical (unpaired) electrons. The van der Waals surface area contributed by atoms with Crippen molar-refractivity contribution in [1.29, 1.82) is 0 Å². The Morgan fingerprint density at radius 1 is 1.09 bits per heavy atom. The predicted octanol–water partition coefficient (Wildman–Crippen LogP) is 2.24. The Morgan fingerprint density at radius 2 is 1.64 bits per heavy atom. The summed E-state index contributed by atoms with van der Waals surface area (Å²) in [6.07, 6.45) is 8.01. The molecule has 0 N–H and O–H groups in total. The molecule has 0 spiro atoms. The zero-order chi connectivity index (χ0) is 8.53. The van der Waals surface area contributed by atoms with E-state index < -0.39 is 0 Å². The van der Waals surface area contributed by atoms with Gasteiger partial charge in [-0.2, -0.15) is 0 Å². The third kappa shape index (κ3) is 5.62. The van der Waals surface area contributed by atoms with Crippen LogP contribution < -0.4 is 0 Å². The molecule has 0 rings (SSSR count). The molecule has 0 aromatic heterocycles. The SMILES string of the molecule is C=CCN(CC=C)CC=CC. The number of nitrogens with zero attached hydrogens (tertiary/aromatic N) is 1. The minimum absolute atomic E-state index is 0.927. The molecule has 0 saturated carbocycles. The van der Waals surface area contributed by atoms with Gasteiger partial charge in [-0.05, 0) is 6.92 Å². The average molecular weight is 151 g/mol. The van der Waals surface area contributed by atoms with Crippen LogP contribution in [0.1, 0.15) is 6.92 Å². The molecular weight excluding hydrogens is 134 g/mol. The fourth-order valence-electron chi connectivity index (χ4n) is 0.843. The van der Waals surface area contributed by atoms with Gasteiger partial charge in [-0.25, -0.2) is 0 Å². The lowest BCUT2D eigenvalue weighted by Gasteiger charge is -2.15. The van der Waals surface area contributed by atoms with Gasteiger partial charge in [-0.1, -0.05) is 24.3 Å². The predicted molar refractivity (Wildman–Crippen MR) is 51.6 cm³/mol. The largest absolute Gasteiger partial charge is 0.292 e. The topological polar surface area (TPSA) is 3.24 Å². The summed E-state index contributed by atoms with van der Waals surface area (Å²) in [5.41, 5.74) is 0. The summed E-state index contributed by atoms with van der Waals surface area (Å²) >= 11 is 0. The van der Waals surface area contributed by atoms with Crippen molar-refractivity contribution in [2.75, 3.05) is 19.6 Å². The lowest BCUT2D eigenvalue weighted by molar-refractivity contribution is 0.373. The second-order valence-electron chi connectivity index (χ2n) is 2.36. The Kier molecular flexibility index (Phi) is 6.75. The van der Waals surface area contributed by atoms with E-state index in [1.165, 1.54) is 0 Å². The van der Waals surface area contributed by atoms with Crippen molar-refractivity contribution in [1.82, 2.24) is 4.90 Å². The molecule has 0 fully saturated rings. The summed E-state index contributed by atoms with van der Waals surface area (Å²) in [5.74, 6) is 0. The van der Waals surface area contributed by atoms with Crippen molar-refractivity contribution in [2.24, 2.45) is 0 Å². The summed E-state index contributed by atoms with van der Waals surface area (Å²) in [6.45, 7) is 12.2.